The first-order chi connectivity index (χ1) is 13.1. The molecule has 0 radical (unpaired) electrons. The first kappa shape index (κ1) is 16.0. The summed E-state index contributed by atoms with van der Waals surface area (Å²) in [6.07, 6.45) is 6.42. The Morgan fingerprint density at radius 3 is 3.00 bits per heavy atom. The lowest BCUT2D eigenvalue weighted by atomic mass is 9.98. The van der Waals surface area contributed by atoms with Gasteiger partial charge in [0.15, 0.2) is 5.69 Å². The van der Waals surface area contributed by atoms with Gasteiger partial charge in [0.05, 0.1) is 16.6 Å². The summed E-state index contributed by atoms with van der Waals surface area (Å²) in [5.41, 5.74) is 3.51. The highest BCUT2D eigenvalue weighted by Crippen LogP contribution is 2.32. The van der Waals surface area contributed by atoms with Crippen molar-refractivity contribution in [3.05, 3.63) is 58.6 Å². The van der Waals surface area contributed by atoms with E-state index in [2.05, 4.69) is 25.7 Å². The highest BCUT2D eigenvalue weighted by Gasteiger charge is 2.31. The number of tetrazole rings is 1. The van der Waals surface area contributed by atoms with Gasteiger partial charge in [-0.3, -0.25) is 9.36 Å². The monoisotopic (exact) mass is 382 g/mol. The Morgan fingerprint density at radius 2 is 2.19 bits per heavy atom. The third-order valence-electron chi connectivity index (χ3n) is 4.97. The van der Waals surface area contributed by atoms with E-state index in [-0.39, 0.29) is 11.9 Å². The molecule has 5 rings (SSSR count). The molecule has 4 aromatic rings. The summed E-state index contributed by atoms with van der Waals surface area (Å²) in [6.45, 7) is 2.64. The Morgan fingerprint density at radius 1 is 1.30 bits per heavy atom. The van der Waals surface area contributed by atoms with Gasteiger partial charge in [0.2, 0.25) is 0 Å². The number of carbonyl (C=O) groups excluding carboxylic acids is 1. The van der Waals surface area contributed by atoms with Crippen molar-refractivity contribution in [1.29, 1.82) is 0 Å². The molecule has 1 amide bonds. The summed E-state index contributed by atoms with van der Waals surface area (Å²) in [4.78, 5) is 14.9. The van der Waals surface area contributed by atoms with E-state index in [4.69, 9.17) is 11.6 Å². The molecule has 0 aliphatic carbocycles. The normalized spacial score (nSPS) is 16.7. The molecule has 1 aliphatic rings. The van der Waals surface area contributed by atoms with Crippen LogP contribution >= 0.6 is 11.6 Å². The molecule has 4 aromatic heterocycles. The Kier molecular flexibility index (Phi) is 3.51. The van der Waals surface area contributed by atoms with E-state index in [1.807, 2.05) is 34.9 Å². The zero-order valence-electron chi connectivity index (χ0n) is 14.4. The van der Waals surface area contributed by atoms with Crippen LogP contribution in [0.5, 0.6) is 0 Å². The molecule has 9 nitrogen and oxygen atoms in total. The molecule has 1 unspecified atom stereocenters. The van der Waals surface area contributed by atoms with Crippen LogP contribution in [0, 0.1) is 0 Å². The van der Waals surface area contributed by atoms with Gasteiger partial charge in [0.25, 0.3) is 11.9 Å². The number of nitrogens with one attached hydrogen (secondary N) is 1. The number of aromatic nitrogens is 7. The molecule has 27 heavy (non-hydrogen) atoms. The van der Waals surface area contributed by atoms with Crippen molar-refractivity contribution in [3.8, 4) is 5.95 Å². The lowest BCUT2D eigenvalue weighted by molar-refractivity contribution is 0.0672. The maximum atomic E-state index is 13.1. The number of pyridine rings is 1. The molecule has 0 saturated carbocycles. The first-order valence-electron chi connectivity index (χ1n) is 8.51. The minimum absolute atomic E-state index is 0.0771. The van der Waals surface area contributed by atoms with Gasteiger partial charge in [-0.25, -0.2) is 9.61 Å². The average Bonchev–Trinajstić information content (AvgIpc) is 3.39. The molecule has 10 heteroatoms. The zero-order valence-corrected chi connectivity index (χ0v) is 15.1. The van der Waals surface area contributed by atoms with Crippen LogP contribution in [-0.2, 0) is 6.42 Å². The van der Waals surface area contributed by atoms with Crippen molar-refractivity contribution in [2.75, 3.05) is 6.54 Å². The number of amides is 1. The molecule has 0 spiro atoms. The Labute approximate surface area is 158 Å². The van der Waals surface area contributed by atoms with E-state index in [1.54, 1.807) is 22.8 Å². The number of H-pyrrole nitrogens is 1. The third kappa shape index (κ3) is 2.58. The van der Waals surface area contributed by atoms with E-state index in [0.29, 0.717) is 23.2 Å². The average molecular weight is 383 g/mol. The van der Waals surface area contributed by atoms with Crippen molar-refractivity contribution < 1.29 is 4.79 Å². The summed E-state index contributed by atoms with van der Waals surface area (Å²) in [7, 11) is 0. The highest BCUT2D eigenvalue weighted by molar-refractivity contribution is 6.30. The van der Waals surface area contributed by atoms with Crippen molar-refractivity contribution in [2.45, 2.75) is 19.4 Å². The van der Waals surface area contributed by atoms with Gasteiger partial charge in [-0.05, 0) is 53.1 Å². The topological polar surface area (TPSA) is 97.0 Å². The molecule has 5 heterocycles. The fraction of sp³-hybridized carbons (Fsp3) is 0.235. The minimum Gasteiger partial charge on any atom is -0.330 e. The lowest BCUT2D eigenvalue weighted by Gasteiger charge is -2.33. The van der Waals surface area contributed by atoms with Crippen LogP contribution in [0.4, 0.5) is 0 Å². The van der Waals surface area contributed by atoms with Crippen molar-refractivity contribution >= 4 is 23.0 Å². The summed E-state index contributed by atoms with van der Waals surface area (Å²) in [6, 6.07) is 5.33. The highest BCUT2D eigenvalue weighted by atomic mass is 35.5. The Bertz CT molecular complexity index is 1150. The standard InChI is InChI=1S/C17H15ClN8O/c1-10-14-9-24(17-19-22-23-20-17)7-11(14)4-5-25(10)16(27)15-6-13-3-2-12(18)8-26(13)21-15/h2-3,6-10H,4-5H2,1H3,(H,19,20,22,23). The van der Waals surface area contributed by atoms with E-state index >= 15 is 0 Å². The smallest absolute Gasteiger partial charge is 0.274 e. The number of rotatable bonds is 2. The van der Waals surface area contributed by atoms with Gasteiger partial charge >= 0.3 is 0 Å². The van der Waals surface area contributed by atoms with Crippen molar-refractivity contribution in [3.63, 3.8) is 0 Å². The van der Waals surface area contributed by atoms with Gasteiger partial charge in [0.1, 0.15) is 0 Å². The van der Waals surface area contributed by atoms with E-state index in [1.165, 1.54) is 5.56 Å². The number of fused-ring (bicyclic) bond motifs is 2. The van der Waals surface area contributed by atoms with Gasteiger partial charge in [-0.2, -0.15) is 5.10 Å². The molecule has 1 aliphatic heterocycles. The second-order valence-corrected chi connectivity index (χ2v) is 6.98. The minimum atomic E-state index is -0.0953. The largest absolute Gasteiger partial charge is 0.330 e. The number of halogens is 1. The van der Waals surface area contributed by atoms with Gasteiger partial charge < -0.3 is 4.90 Å². The molecular formula is C17H15ClN8O. The molecule has 1 atom stereocenters. The zero-order chi connectivity index (χ0) is 18.5. The quantitative estimate of drug-likeness (QED) is 0.572. The second-order valence-electron chi connectivity index (χ2n) is 6.54. The van der Waals surface area contributed by atoms with E-state index < -0.39 is 0 Å². The number of hydrogen-bond donors (Lipinski definition) is 1. The fourth-order valence-electron chi connectivity index (χ4n) is 3.58. The molecule has 136 valence electrons. The van der Waals surface area contributed by atoms with Crippen LogP contribution in [0.15, 0.2) is 36.8 Å². The number of nitrogens with zero attached hydrogens (tertiary/aromatic N) is 7. The van der Waals surface area contributed by atoms with Crippen LogP contribution in [-0.4, -0.2) is 52.2 Å². The molecule has 0 bridgehead atoms. The third-order valence-corrected chi connectivity index (χ3v) is 5.19. The van der Waals surface area contributed by atoms with Crippen molar-refractivity contribution in [1.82, 2.24) is 39.7 Å². The van der Waals surface area contributed by atoms with Crippen LogP contribution in [0.1, 0.15) is 34.6 Å². The van der Waals surface area contributed by atoms with E-state index in [9.17, 15) is 4.79 Å². The van der Waals surface area contributed by atoms with Gasteiger partial charge in [-0.15, -0.1) is 0 Å². The summed E-state index contributed by atoms with van der Waals surface area (Å²) < 4.78 is 3.48. The Hall–Kier alpha value is -3.20. The number of carbonyl (C=O) groups is 1. The first-order valence-corrected chi connectivity index (χ1v) is 8.89. The fourth-order valence-corrected chi connectivity index (χ4v) is 3.73. The van der Waals surface area contributed by atoms with Crippen LogP contribution in [0.2, 0.25) is 5.02 Å². The van der Waals surface area contributed by atoms with Crippen molar-refractivity contribution in [2.24, 2.45) is 0 Å². The van der Waals surface area contributed by atoms with Crippen LogP contribution in [0.3, 0.4) is 0 Å². The SMILES string of the molecule is CC1c2cn(-c3nnn[nH]3)cc2CCN1C(=O)c1cc2ccc(Cl)cn2n1. The lowest BCUT2D eigenvalue weighted by Crippen LogP contribution is -2.38. The van der Waals surface area contributed by atoms with Gasteiger partial charge in [-0.1, -0.05) is 16.7 Å². The summed E-state index contributed by atoms with van der Waals surface area (Å²) in [5, 5.41) is 18.9. The van der Waals surface area contributed by atoms with Crippen LogP contribution in [0.25, 0.3) is 11.5 Å². The summed E-state index contributed by atoms with van der Waals surface area (Å²) in [5.74, 6) is 0.453. The molecule has 0 saturated heterocycles. The van der Waals surface area contributed by atoms with E-state index in [0.717, 1.165) is 17.5 Å². The second kappa shape index (κ2) is 5.92. The molecule has 0 fully saturated rings. The number of hydrogen-bond acceptors (Lipinski definition) is 5. The number of aromatic amines is 1. The molecular weight excluding hydrogens is 368 g/mol. The predicted molar refractivity (Wildman–Crippen MR) is 96.9 cm³/mol. The van der Waals surface area contributed by atoms with Gasteiger partial charge in [0, 0.05) is 25.1 Å². The maximum absolute atomic E-state index is 13.1. The molecule has 0 aromatic carbocycles. The maximum Gasteiger partial charge on any atom is 0.274 e. The predicted octanol–water partition coefficient (Wildman–Crippen LogP) is 2.05. The summed E-state index contributed by atoms with van der Waals surface area (Å²) >= 11 is 6.01. The van der Waals surface area contributed by atoms with Crippen LogP contribution < -0.4 is 0 Å². The Balaban J connectivity index is 1.46. The molecule has 1 N–H and O–H groups in total.